The first-order chi connectivity index (χ1) is 4.83. The fraction of sp³-hybridized carbons (Fsp3) is 1.00. The maximum Gasteiger partial charge on any atom is 0.0958 e. The molecule has 10 heavy (non-hydrogen) atoms. The summed E-state index contributed by atoms with van der Waals surface area (Å²) >= 11 is 1.79. The average Bonchev–Trinajstić information content (AvgIpc) is 2.31. The van der Waals surface area contributed by atoms with E-state index in [1.54, 1.807) is 11.8 Å². The number of nitrogens with zero attached hydrogens (tertiary/aromatic N) is 1. The molecule has 1 heterocycles. The van der Waals surface area contributed by atoms with Gasteiger partial charge in [0, 0.05) is 12.3 Å². The first kappa shape index (κ1) is 8.33. The number of aliphatic hydroxyl groups is 1. The molecule has 1 rings (SSSR count). The van der Waals surface area contributed by atoms with Crippen LogP contribution in [0, 0.1) is 0 Å². The molecule has 0 amide bonds. The fourth-order valence-corrected chi connectivity index (χ4v) is 1.27. The minimum absolute atomic E-state index is 0.276. The summed E-state index contributed by atoms with van der Waals surface area (Å²) in [5.41, 5.74) is 0. The Kier molecular flexibility index (Phi) is 3.48. The van der Waals surface area contributed by atoms with Crippen LogP contribution in [-0.4, -0.2) is 48.0 Å². The number of hydroxylamine groups is 2. The van der Waals surface area contributed by atoms with Crippen LogP contribution < -0.4 is 0 Å². The summed E-state index contributed by atoms with van der Waals surface area (Å²) in [6.45, 7) is 2.05. The van der Waals surface area contributed by atoms with Crippen molar-refractivity contribution in [1.29, 1.82) is 0 Å². The van der Waals surface area contributed by atoms with Gasteiger partial charge in [-0.3, -0.25) is 4.84 Å². The van der Waals surface area contributed by atoms with Crippen LogP contribution in [0.3, 0.4) is 0 Å². The molecule has 0 spiro atoms. The van der Waals surface area contributed by atoms with Gasteiger partial charge in [0.2, 0.25) is 0 Å². The summed E-state index contributed by atoms with van der Waals surface area (Å²) in [5, 5.41) is 10.8. The van der Waals surface area contributed by atoms with Crippen LogP contribution in [0.1, 0.15) is 0 Å². The third kappa shape index (κ3) is 2.46. The monoisotopic (exact) mass is 163 g/mol. The molecule has 0 saturated carbocycles. The lowest BCUT2D eigenvalue weighted by Crippen LogP contribution is -2.23. The van der Waals surface area contributed by atoms with Gasteiger partial charge in [0.15, 0.2) is 0 Å². The first-order valence-corrected chi connectivity index (χ1v) is 4.77. The highest BCUT2D eigenvalue weighted by atomic mass is 32.2. The highest BCUT2D eigenvalue weighted by molar-refractivity contribution is 7.98. The lowest BCUT2D eigenvalue weighted by Gasteiger charge is -2.11. The van der Waals surface area contributed by atoms with E-state index < -0.39 is 0 Å². The molecule has 0 bridgehead atoms. The molecule has 0 aliphatic carbocycles. The summed E-state index contributed by atoms with van der Waals surface area (Å²) < 4.78 is 0. The van der Waals surface area contributed by atoms with Crippen LogP contribution in [0.15, 0.2) is 0 Å². The summed E-state index contributed by atoms with van der Waals surface area (Å²) in [7, 11) is 0. The summed E-state index contributed by atoms with van der Waals surface area (Å²) in [4.78, 5) is 5.14. The summed E-state index contributed by atoms with van der Waals surface area (Å²) in [6.07, 6.45) is 1.79. The number of β-amino-alcohol motifs (C(OH)–C–C–N with tert-alkyl or cyclic N) is 1. The number of hydrogen-bond acceptors (Lipinski definition) is 4. The van der Waals surface area contributed by atoms with Crippen LogP contribution in [0.5, 0.6) is 0 Å². The molecule has 0 radical (unpaired) electrons. The molecule has 1 atom stereocenters. The highest BCUT2D eigenvalue weighted by Crippen LogP contribution is 2.05. The lowest BCUT2D eigenvalue weighted by atomic mass is 10.4. The Morgan fingerprint density at radius 3 is 3.10 bits per heavy atom. The Bertz CT molecular complexity index is 102. The smallest absolute Gasteiger partial charge is 0.0958 e. The van der Waals surface area contributed by atoms with Crippen molar-refractivity contribution in [3.63, 3.8) is 0 Å². The van der Waals surface area contributed by atoms with Gasteiger partial charge < -0.3 is 5.11 Å². The van der Waals surface area contributed by atoms with Crippen LogP contribution in [0.25, 0.3) is 0 Å². The van der Waals surface area contributed by atoms with Crippen molar-refractivity contribution in [2.24, 2.45) is 0 Å². The van der Waals surface area contributed by atoms with E-state index in [9.17, 15) is 0 Å². The Labute approximate surface area is 65.3 Å². The zero-order valence-electron chi connectivity index (χ0n) is 6.12. The van der Waals surface area contributed by atoms with Gasteiger partial charge in [-0.25, -0.2) is 0 Å². The van der Waals surface area contributed by atoms with Gasteiger partial charge >= 0.3 is 0 Å². The average molecular weight is 163 g/mol. The lowest BCUT2D eigenvalue weighted by molar-refractivity contribution is -0.105. The van der Waals surface area contributed by atoms with Crippen LogP contribution in [0.2, 0.25) is 0 Å². The maximum absolute atomic E-state index is 9.03. The van der Waals surface area contributed by atoms with Gasteiger partial charge in [0.05, 0.1) is 19.3 Å². The highest BCUT2D eigenvalue weighted by Gasteiger charge is 2.19. The minimum Gasteiger partial charge on any atom is -0.389 e. The van der Waals surface area contributed by atoms with Gasteiger partial charge in [-0.15, -0.1) is 0 Å². The minimum atomic E-state index is -0.276. The molecular formula is C6H13NO2S. The Balaban J connectivity index is 2.06. The van der Waals surface area contributed by atoms with E-state index in [1.165, 1.54) is 0 Å². The Morgan fingerprint density at radius 1 is 1.80 bits per heavy atom. The van der Waals surface area contributed by atoms with E-state index in [-0.39, 0.29) is 6.10 Å². The molecular weight excluding hydrogens is 150 g/mol. The molecule has 1 N–H and O–H groups in total. The normalized spacial score (nSPS) is 27.6. The van der Waals surface area contributed by atoms with E-state index in [0.717, 1.165) is 12.3 Å². The van der Waals surface area contributed by atoms with Gasteiger partial charge in [0.1, 0.15) is 0 Å². The van der Waals surface area contributed by atoms with Gasteiger partial charge in [0.25, 0.3) is 0 Å². The van der Waals surface area contributed by atoms with Crippen LogP contribution in [-0.2, 0) is 4.84 Å². The maximum atomic E-state index is 9.03. The van der Waals surface area contributed by atoms with E-state index >= 15 is 0 Å². The molecule has 0 aromatic heterocycles. The van der Waals surface area contributed by atoms with Crippen molar-refractivity contribution in [2.45, 2.75) is 6.10 Å². The first-order valence-electron chi connectivity index (χ1n) is 3.38. The van der Waals surface area contributed by atoms with Gasteiger partial charge in [-0.2, -0.15) is 16.8 Å². The molecule has 1 saturated heterocycles. The number of thioether (sulfide) groups is 1. The Hall–Kier alpha value is 0.230. The topological polar surface area (TPSA) is 32.7 Å². The molecule has 0 aromatic carbocycles. The Morgan fingerprint density at radius 2 is 2.60 bits per heavy atom. The van der Waals surface area contributed by atoms with Crippen molar-refractivity contribution < 1.29 is 9.94 Å². The summed E-state index contributed by atoms with van der Waals surface area (Å²) in [6, 6.07) is 0. The standard InChI is InChI=1S/C6H13NO2S/c1-10-3-2-7-4-6(8)5-9-7/h6,8H,2-5H2,1H3. The van der Waals surface area contributed by atoms with Crippen LogP contribution >= 0.6 is 11.8 Å². The molecule has 60 valence electrons. The molecule has 0 aromatic rings. The van der Waals surface area contributed by atoms with E-state index in [1.807, 2.05) is 5.06 Å². The zero-order valence-corrected chi connectivity index (χ0v) is 6.93. The SMILES string of the molecule is CSCCN1CC(O)CO1. The van der Waals surface area contributed by atoms with Crippen molar-refractivity contribution in [3.05, 3.63) is 0 Å². The molecule has 1 aliphatic rings. The third-order valence-corrected chi connectivity index (χ3v) is 2.00. The van der Waals surface area contributed by atoms with E-state index in [2.05, 4.69) is 6.26 Å². The van der Waals surface area contributed by atoms with Crippen molar-refractivity contribution >= 4 is 11.8 Å². The van der Waals surface area contributed by atoms with Crippen LogP contribution in [0.4, 0.5) is 0 Å². The number of hydrogen-bond donors (Lipinski definition) is 1. The molecule has 3 nitrogen and oxygen atoms in total. The third-order valence-electron chi connectivity index (χ3n) is 1.41. The van der Waals surface area contributed by atoms with Crippen molar-refractivity contribution in [3.8, 4) is 0 Å². The predicted molar refractivity (Wildman–Crippen MR) is 41.9 cm³/mol. The predicted octanol–water partition coefficient (Wildman–Crippen LogP) is -0.0425. The number of rotatable bonds is 3. The second kappa shape index (κ2) is 4.18. The largest absolute Gasteiger partial charge is 0.389 e. The van der Waals surface area contributed by atoms with Gasteiger partial charge in [-0.1, -0.05) is 0 Å². The fourth-order valence-electron chi connectivity index (χ4n) is 0.881. The second-order valence-electron chi connectivity index (χ2n) is 2.33. The second-order valence-corrected chi connectivity index (χ2v) is 3.32. The molecule has 4 heteroatoms. The number of aliphatic hydroxyl groups excluding tert-OH is 1. The van der Waals surface area contributed by atoms with E-state index in [0.29, 0.717) is 13.2 Å². The molecule has 1 fully saturated rings. The molecule has 1 aliphatic heterocycles. The zero-order chi connectivity index (χ0) is 7.40. The van der Waals surface area contributed by atoms with E-state index in [4.69, 9.17) is 9.94 Å². The van der Waals surface area contributed by atoms with Gasteiger partial charge in [-0.05, 0) is 6.26 Å². The van der Waals surface area contributed by atoms with Crippen molar-refractivity contribution in [2.75, 3.05) is 31.7 Å². The molecule has 1 unspecified atom stereocenters. The quantitative estimate of drug-likeness (QED) is 0.632. The summed E-state index contributed by atoms with van der Waals surface area (Å²) in [5.74, 6) is 1.06. The van der Waals surface area contributed by atoms with Crippen molar-refractivity contribution in [1.82, 2.24) is 5.06 Å².